The summed E-state index contributed by atoms with van der Waals surface area (Å²) in [7, 11) is 0. The molecule has 0 saturated carbocycles. The van der Waals surface area contributed by atoms with Gasteiger partial charge in [0.05, 0.1) is 24.2 Å². The van der Waals surface area contributed by atoms with E-state index in [-0.39, 0.29) is 24.2 Å². The predicted octanol–water partition coefficient (Wildman–Crippen LogP) is 8.03. The molecule has 1 unspecified atom stereocenters. The van der Waals surface area contributed by atoms with Crippen LogP contribution in [0, 0.1) is 5.92 Å². The zero-order valence-electron chi connectivity index (χ0n) is 20.3. The molecule has 0 aromatic carbocycles. The molecule has 0 aromatic rings. The third-order valence-corrected chi connectivity index (χ3v) is 4.62. The Balaban J connectivity index is 5.40. The summed E-state index contributed by atoms with van der Waals surface area (Å²) < 4.78 is 19.1. The highest BCUT2D eigenvalue weighted by atomic mass is 16.9. The molecule has 3 heteroatoms. The molecule has 0 aromatic heterocycles. The highest BCUT2D eigenvalue weighted by Gasteiger charge is 2.43. The smallest absolute Gasteiger partial charge is 0.290 e. The van der Waals surface area contributed by atoms with Crippen LogP contribution in [0.2, 0.25) is 0 Å². The van der Waals surface area contributed by atoms with Gasteiger partial charge >= 0.3 is 0 Å². The monoisotopic (exact) mass is 398 g/mol. The van der Waals surface area contributed by atoms with E-state index in [1.807, 2.05) is 0 Å². The van der Waals surface area contributed by atoms with E-state index < -0.39 is 5.97 Å². The SMILES string of the molecule is CCCCC=CC(CCCCCCCC)C(OC(C)C)(OC(C)C)OC(C)C. The van der Waals surface area contributed by atoms with Crippen LogP contribution in [0.1, 0.15) is 120 Å². The molecule has 168 valence electrons. The van der Waals surface area contributed by atoms with Crippen LogP contribution in [0.25, 0.3) is 0 Å². The van der Waals surface area contributed by atoms with Crippen molar-refractivity contribution in [1.82, 2.24) is 0 Å². The van der Waals surface area contributed by atoms with Gasteiger partial charge in [0, 0.05) is 0 Å². The van der Waals surface area contributed by atoms with Crippen LogP contribution in [-0.2, 0) is 14.2 Å². The Hall–Kier alpha value is -0.380. The fourth-order valence-corrected chi connectivity index (χ4v) is 3.45. The van der Waals surface area contributed by atoms with Crippen LogP contribution >= 0.6 is 0 Å². The summed E-state index contributed by atoms with van der Waals surface area (Å²) in [5.74, 6) is -0.912. The molecular weight excluding hydrogens is 348 g/mol. The lowest BCUT2D eigenvalue weighted by Crippen LogP contribution is -2.50. The van der Waals surface area contributed by atoms with Gasteiger partial charge in [-0.3, -0.25) is 0 Å². The van der Waals surface area contributed by atoms with E-state index in [2.05, 4.69) is 67.5 Å². The maximum absolute atomic E-state index is 6.38. The summed E-state index contributed by atoms with van der Waals surface area (Å²) in [4.78, 5) is 0. The zero-order valence-corrected chi connectivity index (χ0v) is 20.3. The number of ether oxygens (including phenoxy) is 3. The largest absolute Gasteiger partial charge is 0.324 e. The minimum atomic E-state index is -1.01. The van der Waals surface area contributed by atoms with Crippen LogP contribution in [0.4, 0.5) is 0 Å². The van der Waals surface area contributed by atoms with Gasteiger partial charge in [0.25, 0.3) is 5.97 Å². The molecule has 0 aliphatic carbocycles. The van der Waals surface area contributed by atoms with E-state index >= 15 is 0 Å². The summed E-state index contributed by atoms with van der Waals surface area (Å²) >= 11 is 0. The Kier molecular flexibility index (Phi) is 16.2. The Morgan fingerprint density at radius 3 is 1.57 bits per heavy atom. The lowest BCUT2D eigenvalue weighted by Gasteiger charge is -2.42. The molecular formula is C25H50O3. The average Bonchev–Trinajstić information content (AvgIpc) is 2.57. The van der Waals surface area contributed by atoms with E-state index in [0.29, 0.717) is 0 Å². The van der Waals surface area contributed by atoms with Crippen molar-refractivity contribution in [2.45, 2.75) is 144 Å². The van der Waals surface area contributed by atoms with Crippen molar-refractivity contribution in [2.24, 2.45) is 5.92 Å². The van der Waals surface area contributed by atoms with Gasteiger partial charge in [0.1, 0.15) is 0 Å². The average molecular weight is 399 g/mol. The first kappa shape index (κ1) is 27.6. The third-order valence-electron chi connectivity index (χ3n) is 4.62. The fraction of sp³-hybridized carbons (Fsp3) is 0.920. The lowest BCUT2D eigenvalue weighted by atomic mass is 9.96. The molecule has 0 amide bonds. The normalized spacial score (nSPS) is 14.1. The van der Waals surface area contributed by atoms with Gasteiger partial charge in [-0.15, -0.1) is 0 Å². The van der Waals surface area contributed by atoms with Crippen molar-refractivity contribution in [2.75, 3.05) is 0 Å². The molecule has 28 heavy (non-hydrogen) atoms. The number of hydrogen-bond donors (Lipinski definition) is 0. The molecule has 0 spiro atoms. The quantitative estimate of drug-likeness (QED) is 0.133. The van der Waals surface area contributed by atoms with Gasteiger partial charge in [-0.1, -0.05) is 77.4 Å². The van der Waals surface area contributed by atoms with E-state index in [1.165, 1.54) is 51.4 Å². The van der Waals surface area contributed by atoms with Crippen molar-refractivity contribution >= 4 is 0 Å². The van der Waals surface area contributed by atoms with Gasteiger partial charge in [0.2, 0.25) is 0 Å². The van der Waals surface area contributed by atoms with Crippen molar-refractivity contribution in [1.29, 1.82) is 0 Å². The van der Waals surface area contributed by atoms with E-state index in [4.69, 9.17) is 14.2 Å². The summed E-state index contributed by atoms with van der Waals surface area (Å²) in [6.45, 7) is 16.9. The number of rotatable bonds is 18. The summed E-state index contributed by atoms with van der Waals surface area (Å²) in [6.07, 6.45) is 17.0. The molecule has 1 atom stereocenters. The first-order valence-corrected chi connectivity index (χ1v) is 12.0. The molecule has 0 aliphatic heterocycles. The van der Waals surface area contributed by atoms with E-state index in [1.54, 1.807) is 0 Å². The van der Waals surface area contributed by atoms with E-state index in [0.717, 1.165) is 12.8 Å². The molecule has 0 fully saturated rings. The van der Waals surface area contributed by atoms with Gasteiger partial charge in [0.15, 0.2) is 0 Å². The maximum Gasteiger partial charge on any atom is 0.290 e. The standard InChI is InChI=1S/C25H50O3/c1-9-11-13-15-16-18-20-24(19-17-14-12-10-2)25(26-21(3)4,27-22(5)6)28-23(7)8/h17,19,21-24H,9-16,18,20H2,1-8H3. The topological polar surface area (TPSA) is 27.7 Å². The molecule has 3 nitrogen and oxygen atoms in total. The van der Waals surface area contributed by atoms with Gasteiger partial charge < -0.3 is 14.2 Å². The van der Waals surface area contributed by atoms with Gasteiger partial charge in [-0.2, -0.15) is 0 Å². The Morgan fingerprint density at radius 1 is 0.643 bits per heavy atom. The number of unbranched alkanes of at least 4 members (excludes halogenated alkanes) is 7. The molecule has 0 N–H and O–H groups in total. The zero-order chi connectivity index (χ0) is 21.4. The highest BCUT2D eigenvalue weighted by Crippen LogP contribution is 2.35. The van der Waals surface area contributed by atoms with Crippen LogP contribution < -0.4 is 0 Å². The number of allylic oxidation sites excluding steroid dienone is 1. The molecule has 0 aliphatic rings. The second-order valence-corrected chi connectivity index (χ2v) is 8.84. The summed E-state index contributed by atoms with van der Waals surface area (Å²) in [6, 6.07) is 0. The summed E-state index contributed by atoms with van der Waals surface area (Å²) in [5.41, 5.74) is 0. The lowest BCUT2D eigenvalue weighted by molar-refractivity contribution is -0.426. The first-order valence-electron chi connectivity index (χ1n) is 12.0. The van der Waals surface area contributed by atoms with Crippen LogP contribution in [0.5, 0.6) is 0 Å². The van der Waals surface area contributed by atoms with Crippen molar-refractivity contribution in [3.8, 4) is 0 Å². The Morgan fingerprint density at radius 2 is 1.11 bits per heavy atom. The minimum Gasteiger partial charge on any atom is -0.324 e. The first-order chi connectivity index (χ1) is 13.3. The Labute approximate surface area is 176 Å². The summed E-state index contributed by atoms with van der Waals surface area (Å²) in [5, 5.41) is 0. The highest BCUT2D eigenvalue weighted by molar-refractivity contribution is 4.94. The predicted molar refractivity (Wildman–Crippen MR) is 122 cm³/mol. The third kappa shape index (κ3) is 13.0. The van der Waals surface area contributed by atoms with Crippen LogP contribution in [0.3, 0.4) is 0 Å². The molecule has 0 radical (unpaired) electrons. The second-order valence-electron chi connectivity index (χ2n) is 8.84. The van der Waals surface area contributed by atoms with Crippen molar-refractivity contribution < 1.29 is 14.2 Å². The second kappa shape index (κ2) is 16.4. The van der Waals surface area contributed by atoms with Gasteiger partial charge in [-0.25, -0.2) is 0 Å². The molecule has 0 bridgehead atoms. The molecule has 0 rings (SSSR count). The van der Waals surface area contributed by atoms with Crippen molar-refractivity contribution in [3.05, 3.63) is 12.2 Å². The molecule has 0 heterocycles. The minimum absolute atomic E-state index is 0.0357. The van der Waals surface area contributed by atoms with Crippen LogP contribution in [0.15, 0.2) is 12.2 Å². The number of hydrogen-bond acceptors (Lipinski definition) is 3. The van der Waals surface area contributed by atoms with E-state index in [9.17, 15) is 0 Å². The fourth-order valence-electron chi connectivity index (χ4n) is 3.45. The van der Waals surface area contributed by atoms with Crippen LogP contribution in [-0.4, -0.2) is 24.3 Å². The van der Waals surface area contributed by atoms with Gasteiger partial charge in [-0.05, 0) is 54.4 Å². The Bertz CT molecular complexity index is 347. The molecule has 0 saturated heterocycles. The maximum atomic E-state index is 6.38. The van der Waals surface area contributed by atoms with Crippen molar-refractivity contribution in [3.63, 3.8) is 0 Å².